The quantitative estimate of drug-likeness (QED) is 0.526. The first kappa shape index (κ1) is 13.6. The lowest BCUT2D eigenvalue weighted by Crippen LogP contribution is -1.83. The zero-order valence-corrected chi connectivity index (χ0v) is 13.6. The van der Waals surface area contributed by atoms with Crippen molar-refractivity contribution in [2.75, 3.05) is 0 Å². The lowest BCUT2D eigenvalue weighted by atomic mass is 10.1. The van der Waals surface area contributed by atoms with Gasteiger partial charge in [-0.2, -0.15) is 0 Å². The third-order valence-corrected chi connectivity index (χ3v) is 3.70. The van der Waals surface area contributed by atoms with Gasteiger partial charge in [0.05, 0.1) is 0 Å². The number of oxazole rings is 1. The molecule has 20 heavy (non-hydrogen) atoms. The Morgan fingerprint density at radius 2 is 1.35 bits per heavy atom. The molecule has 0 aliphatic heterocycles. The summed E-state index contributed by atoms with van der Waals surface area (Å²) in [5.41, 5.74) is 2.92. The Morgan fingerprint density at radius 3 is 1.90 bits per heavy atom. The van der Waals surface area contributed by atoms with Crippen LogP contribution in [0.3, 0.4) is 0 Å². The highest BCUT2D eigenvalue weighted by Crippen LogP contribution is 2.37. The average Bonchev–Trinajstić information content (AvgIpc) is 2.94. The van der Waals surface area contributed by atoms with Gasteiger partial charge in [-0.1, -0.05) is 92.5 Å². The predicted octanol–water partition coefficient (Wildman–Crippen LogP) is 5.80. The summed E-state index contributed by atoms with van der Waals surface area (Å²) in [5, 5.41) is 0. The molecule has 1 aromatic heterocycles. The Bertz CT molecular complexity index is 636. The summed E-state index contributed by atoms with van der Waals surface area (Å²) < 4.78 is 5.81. The standard InChI is InChI=1S/C16H11Br2NO/c17-15(18)16-19-13(11-7-3-1-4-8-11)14(20-16)12-9-5-2-6-10-12/h1-10,15H. The van der Waals surface area contributed by atoms with Gasteiger partial charge in [0.15, 0.2) is 5.76 Å². The molecule has 0 saturated carbocycles. The largest absolute Gasteiger partial charge is 0.438 e. The Morgan fingerprint density at radius 1 is 0.800 bits per heavy atom. The molecule has 4 heteroatoms. The van der Waals surface area contributed by atoms with Gasteiger partial charge in [-0.05, 0) is 0 Å². The third kappa shape index (κ3) is 2.72. The Hall–Kier alpha value is -1.39. The van der Waals surface area contributed by atoms with Crippen molar-refractivity contribution in [1.82, 2.24) is 4.98 Å². The number of hydrogen-bond donors (Lipinski definition) is 0. The molecule has 0 unspecified atom stereocenters. The van der Waals surface area contributed by atoms with Crippen molar-refractivity contribution in [3.63, 3.8) is 0 Å². The Kier molecular flexibility index (Phi) is 4.03. The topological polar surface area (TPSA) is 26.0 Å². The van der Waals surface area contributed by atoms with Crippen LogP contribution >= 0.6 is 31.9 Å². The van der Waals surface area contributed by atoms with E-state index < -0.39 is 0 Å². The molecular formula is C16H11Br2NO. The number of alkyl halides is 2. The van der Waals surface area contributed by atoms with Gasteiger partial charge in [-0.15, -0.1) is 0 Å². The molecule has 2 aromatic carbocycles. The minimum absolute atomic E-state index is 0.102. The first-order chi connectivity index (χ1) is 9.75. The molecule has 1 heterocycles. The lowest BCUT2D eigenvalue weighted by Gasteiger charge is -2.00. The van der Waals surface area contributed by atoms with Gasteiger partial charge in [-0.3, -0.25) is 0 Å². The second-order valence-electron chi connectivity index (χ2n) is 4.26. The molecule has 0 spiro atoms. The van der Waals surface area contributed by atoms with Crippen molar-refractivity contribution in [3.05, 3.63) is 66.6 Å². The normalized spacial score (nSPS) is 10.9. The molecule has 0 aliphatic carbocycles. The van der Waals surface area contributed by atoms with Gasteiger partial charge < -0.3 is 4.42 Å². The van der Waals surface area contributed by atoms with E-state index in [0.717, 1.165) is 22.6 Å². The molecule has 0 aliphatic rings. The summed E-state index contributed by atoms with van der Waals surface area (Å²) in [6, 6.07) is 20.1. The smallest absolute Gasteiger partial charge is 0.220 e. The maximum atomic E-state index is 5.91. The van der Waals surface area contributed by atoms with Gasteiger partial charge in [0.2, 0.25) is 5.89 Å². The predicted molar refractivity (Wildman–Crippen MR) is 88.0 cm³/mol. The van der Waals surface area contributed by atoms with Gasteiger partial charge >= 0.3 is 0 Å². The molecule has 3 rings (SSSR count). The lowest BCUT2D eigenvalue weighted by molar-refractivity contribution is 0.530. The number of halogens is 2. The summed E-state index contributed by atoms with van der Waals surface area (Å²) in [7, 11) is 0. The van der Waals surface area contributed by atoms with E-state index in [4.69, 9.17) is 4.42 Å². The first-order valence-corrected chi connectivity index (χ1v) is 7.98. The molecule has 0 bridgehead atoms. The molecular weight excluding hydrogens is 382 g/mol. The minimum Gasteiger partial charge on any atom is -0.438 e. The van der Waals surface area contributed by atoms with Gasteiger partial charge in [0.25, 0.3) is 0 Å². The van der Waals surface area contributed by atoms with E-state index in [-0.39, 0.29) is 3.74 Å². The molecule has 0 saturated heterocycles. The second kappa shape index (κ2) is 5.94. The van der Waals surface area contributed by atoms with Crippen LogP contribution in [0.25, 0.3) is 22.6 Å². The summed E-state index contributed by atoms with van der Waals surface area (Å²) in [5.74, 6) is 1.40. The van der Waals surface area contributed by atoms with Gasteiger partial charge in [0.1, 0.15) is 9.43 Å². The molecule has 0 atom stereocenters. The molecule has 100 valence electrons. The van der Waals surface area contributed by atoms with Crippen molar-refractivity contribution in [2.24, 2.45) is 0 Å². The molecule has 0 amide bonds. The van der Waals surface area contributed by atoms with Crippen molar-refractivity contribution < 1.29 is 4.42 Å². The number of hydrogen-bond acceptors (Lipinski definition) is 2. The molecule has 0 N–H and O–H groups in total. The molecule has 0 radical (unpaired) electrons. The van der Waals surface area contributed by atoms with E-state index in [1.807, 2.05) is 60.7 Å². The highest BCUT2D eigenvalue weighted by Gasteiger charge is 2.19. The average molecular weight is 393 g/mol. The molecule has 0 fully saturated rings. The Labute approximate surface area is 134 Å². The van der Waals surface area contributed by atoms with Crippen molar-refractivity contribution in [2.45, 2.75) is 3.74 Å². The monoisotopic (exact) mass is 391 g/mol. The van der Waals surface area contributed by atoms with E-state index in [9.17, 15) is 0 Å². The van der Waals surface area contributed by atoms with Crippen LogP contribution in [0.2, 0.25) is 0 Å². The number of rotatable bonds is 3. The fourth-order valence-electron chi connectivity index (χ4n) is 2.01. The van der Waals surface area contributed by atoms with Crippen molar-refractivity contribution >= 4 is 31.9 Å². The minimum atomic E-state index is -0.102. The summed E-state index contributed by atoms with van der Waals surface area (Å²) in [4.78, 5) is 4.60. The SMILES string of the molecule is BrC(Br)c1nc(-c2ccccc2)c(-c2ccccc2)o1. The summed E-state index contributed by atoms with van der Waals surface area (Å²) >= 11 is 6.87. The Balaban J connectivity index is 2.18. The number of aromatic nitrogens is 1. The van der Waals surface area contributed by atoms with Crippen molar-refractivity contribution in [3.8, 4) is 22.6 Å². The van der Waals surface area contributed by atoms with Crippen LogP contribution in [0, 0.1) is 0 Å². The van der Waals surface area contributed by atoms with Crippen LogP contribution in [0.1, 0.15) is 9.63 Å². The maximum absolute atomic E-state index is 5.91. The van der Waals surface area contributed by atoms with E-state index >= 15 is 0 Å². The fourth-order valence-corrected chi connectivity index (χ4v) is 2.40. The van der Waals surface area contributed by atoms with Gasteiger partial charge in [-0.25, -0.2) is 4.98 Å². The number of nitrogens with zero attached hydrogens (tertiary/aromatic N) is 1. The van der Waals surface area contributed by atoms with E-state index in [0.29, 0.717) is 5.89 Å². The van der Waals surface area contributed by atoms with E-state index in [1.54, 1.807) is 0 Å². The van der Waals surface area contributed by atoms with E-state index in [1.165, 1.54) is 0 Å². The van der Waals surface area contributed by atoms with Crippen LogP contribution in [0.15, 0.2) is 65.1 Å². The first-order valence-electron chi connectivity index (χ1n) is 6.15. The molecule has 3 aromatic rings. The summed E-state index contributed by atoms with van der Waals surface area (Å²) in [6.45, 7) is 0. The van der Waals surface area contributed by atoms with Crippen LogP contribution in [0.4, 0.5) is 0 Å². The maximum Gasteiger partial charge on any atom is 0.220 e. The zero-order valence-electron chi connectivity index (χ0n) is 10.5. The van der Waals surface area contributed by atoms with Crippen LogP contribution in [-0.4, -0.2) is 4.98 Å². The second-order valence-corrected chi connectivity index (χ2v) is 7.32. The highest BCUT2D eigenvalue weighted by atomic mass is 79.9. The van der Waals surface area contributed by atoms with Crippen molar-refractivity contribution in [1.29, 1.82) is 0 Å². The van der Waals surface area contributed by atoms with E-state index in [2.05, 4.69) is 36.8 Å². The van der Waals surface area contributed by atoms with Crippen LogP contribution in [0.5, 0.6) is 0 Å². The van der Waals surface area contributed by atoms with Crippen LogP contribution in [-0.2, 0) is 0 Å². The summed E-state index contributed by atoms with van der Waals surface area (Å²) in [6.07, 6.45) is 0. The highest BCUT2D eigenvalue weighted by molar-refractivity contribution is 9.24. The molecule has 2 nitrogen and oxygen atoms in total. The number of benzene rings is 2. The fraction of sp³-hybridized carbons (Fsp3) is 0.0625. The van der Waals surface area contributed by atoms with Gasteiger partial charge in [0, 0.05) is 11.1 Å². The zero-order chi connectivity index (χ0) is 13.9. The van der Waals surface area contributed by atoms with Crippen LogP contribution < -0.4 is 0 Å². The third-order valence-electron chi connectivity index (χ3n) is 2.91.